The number of carbonyl (C=O) groups excluding carboxylic acids is 1. The van der Waals surface area contributed by atoms with Crippen LogP contribution in [0.15, 0.2) is 4.99 Å². The van der Waals surface area contributed by atoms with Crippen molar-refractivity contribution in [2.24, 2.45) is 4.99 Å². The van der Waals surface area contributed by atoms with Crippen molar-refractivity contribution in [3.05, 3.63) is 0 Å². The maximum absolute atomic E-state index is 12.1. The van der Waals surface area contributed by atoms with Crippen molar-refractivity contribution in [1.29, 1.82) is 0 Å². The van der Waals surface area contributed by atoms with Crippen LogP contribution in [0.25, 0.3) is 0 Å². The highest BCUT2D eigenvalue weighted by atomic mass is 127. The van der Waals surface area contributed by atoms with Gasteiger partial charge in [-0.15, -0.1) is 24.0 Å². The molecule has 1 fully saturated rings. The Morgan fingerprint density at radius 1 is 1.33 bits per heavy atom. The van der Waals surface area contributed by atoms with Crippen LogP contribution in [0.2, 0.25) is 0 Å². The second-order valence-corrected chi connectivity index (χ2v) is 9.07. The average Bonchev–Trinajstić information content (AvgIpc) is 2.94. The van der Waals surface area contributed by atoms with Crippen molar-refractivity contribution >= 4 is 46.6 Å². The number of amides is 1. The summed E-state index contributed by atoms with van der Waals surface area (Å²) in [4.78, 5) is 18.1. The number of carbonyl (C=O) groups is 1. The molecule has 1 aliphatic rings. The maximum atomic E-state index is 12.1. The fourth-order valence-corrected chi connectivity index (χ4v) is 3.26. The number of rotatable bonds is 6. The molecule has 1 saturated heterocycles. The predicted octanol–water partition coefficient (Wildman–Crippen LogP) is 1.72. The average molecular weight is 472 g/mol. The Morgan fingerprint density at radius 3 is 2.54 bits per heavy atom. The normalized spacial score (nSPS) is 19.6. The van der Waals surface area contributed by atoms with E-state index in [4.69, 9.17) is 0 Å². The molecular formula is C16H33IN4O2S. The van der Waals surface area contributed by atoms with Crippen LogP contribution in [0.3, 0.4) is 0 Å². The monoisotopic (exact) mass is 472 g/mol. The summed E-state index contributed by atoms with van der Waals surface area (Å²) in [6, 6.07) is 0.233. The number of hydrogen-bond donors (Lipinski definition) is 2. The molecule has 0 aromatic heterocycles. The molecule has 142 valence electrons. The Hall–Kier alpha value is -0.380. The summed E-state index contributed by atoms with van der Waals surface area (Å²) in [6.07, 6.45) is 1.49. The van der Waals surface area contributed by atoms with Gasteiger partial charge in [0.25, 0.3) is 0 Å². The van der Waals surface area contributed by atoms with Crippen molar-refractivity contribution in [3.63, 3.8) is 0 Å². The zero-order chi connectivity index (χ0) is 17.5. The van der Waals surface area contributed by atoms with Gasteiger partial charge in [0.15, 0.2) is 5.96 Å². The van der Waals surface area contributed by atoms with Gasteiger partial charge in [0.2, 0.25) is 5.91 Å². The molecule has 8 heteroatoms. The number of likely N-dealkylation sites (tertiary alicyclic amines) is 1. The zero-order valence-corrected chi connectivity index (χ0v) is 18.7. The van der Waals surface area contributed by atoms with Gasteiger partial charge in [0.05, 0.1) is 6.54 Å². The molecule has 24 heavy (non-hydrogen) atoms. The fourth-order valence-electron chi connectivity index (χ4n) is 2.39. The van der Waals surface area contributed by atoms with Gasteiger partial charge in [-0.2, -0.15) is 0 Å². The minimum atomic E-state index is -0.890. The molecule has 0 spiro atoms. The van der Waals surface area contributed by atoms with Gasteiger partial charge in [0.1, 0.15) is 0 Å². The second-order valence-electron chi connectivity index (χ2n) is 6.75. The largest absolute Gasteiger partial charge is 0.357 e. The first-order valence-corrected chi connectivity index (χ1v) is 9.80. The first-order chi connectivity index (χ1) is 10.8. The third-order valence-corrected chi connectivity index (χ3v) is 5.68. The van der Waals surface area contributed by atoms with Gasteiger partial charge >= 0.3 is 0 Å². The summed E-state index contributed by atoms with van der Waals surface area (Å²) >= 11 is 0. The minimum absolute atomic E-state index is 0. The third-order valence-electron chi connectivity index (χ3n) is 3.76. The third kappa shape index (κ3) is 8.13. The Kier molecular flexibility index (Phi) is 11.1. The Bertz CT molecular complexity index is 452. The first kappa shape index (κ1) is 23.6. The molecule has 0 radical (unpaired) electrons. The van der Waals surface area contributed by atoms with Crippen LogP contribution in [0, 0.1) is 0 Å². The van der Waals surface area contributed by atoms with Crippen molar-refractivity contribution in [3.8, 4) is 0 Å². The molecule has 1 rings (SSSR count). The summed E-state index contributed by atoms with van der Waals surface area (Å²) in [5.74, 6) is 1.51. The Balaban J connectivity index is 0.00000529. The first-order valence-electron chi connectivity index (χ1n) is 8.49. The summed E-state index contributed by atoms with van der Waals surface area (Å²) in [5, 5.41) is 6.60. The molecular weight excluding hydrogens is 439 g/mol. The van der Waals surface area contributed by atoms with Crippen LogP contribution in [0.5, 0.6) is 0 Å². The van der Waals surface area contributed by atoms with E-state index >= 15 is 0 Å². The molecule has 0 aromatic rings. The molecule has 2 unspecified atom stereocenters. The lowest BCUT2D eigenvalue weighted by Gasteiger charge is -2.19. The van der Waals surface area contributed by atoms with E-state index in [1.165, 1.54) is 0 Å². The Labute approximate surface area is 166 Å². The lowest BCUT2D eigenvalue weighted by Crippen LogP contribution is -2.45. The molecule has 1 aliphatic heterocycles. The summed E-state index contributed by atoms with van der Waals surface area (Å²) in [5.41, 5.74) is 0. The van der Waals surface area contributed by atoms with E-state index in [9.17, 15) is 9.00 Å². The van der Waals surface area contributed by atoms with E-state index < -0.39 is 10.8 Å². The lowest BCUT2D eigenvalue weighted by atomic mass is 10.3. The van der Waals surface area contributed by atoms with E-state index in [0.29, 0.717) is 18.7 Å². The van der Waals surface area contributed by atoms with Crippen LogP contribution in [0.4, 0.5) is 0 Å². The van der Waals surface area contributed by atoms with E-state index in [1.54, 1.807) is 0 Å². The number of nitrogens with one attached hydrogen (secondary N) is 2. The number of hydrogen-bond acceptors (Lipinski definition) is 3. The Morgan fingerprint density at radius 2 is 2.00 bits per heavy atom. The summed E-state index contributed by atoms with van der Waals surface area (Å²) in [6.45, 7) is 12.7. The molecule has 0 bridgehead atoms. The van der Waals surface area contributed by atoms with Crippen LogP contribution in [0.1, 0.15) is 47.5 Å². The number of halogens is 1. The predicted molar refractivity (Wildman–Crippen MR) is 113 cm³/mol. The van der Waals surface area contributed by atoms with Crippen molar-refractivity contribution in [2.45, 2.75) is 58.2 Å². The highest BCUT2D eigenvalue weighted by molar-refractivity contribution is 14.0. The van der Waals surface area contributed by atoms with Crippen LogP contribution >= 0.6 is 24.0 Å². The SMILES string of the molecule is CCNC(=NCCS(=O)C(C)(C)C)NC1CCN(C(=O)CC)C1.I. The molecule has 2 atom stereocenters. The van der Waals surface area contributed by atoms with Crippen LogP contribution in [-0.4, -0.2) is 63.7 Å². The van der Waals surface area contributed by atoms with Gasteiger partial charge in [-0.05, 0) is 34.1 Å². The molecule has 1 amide bonds. The standard InChI is InChI=1S/C16H32N4O2S.HI/c1-6-14(21)20-10-8-13(12-20)19-15(17-7-2)18-9-11-23(22)16(3,4)5;/h13H,6-12H2,1-5H3,(H2,17,18,19);1H. The summed E-state index contributed by atoms with van der Waals surface area (Å²) < 4.78 is 11.9. The maximum Gasteiger partial charge on any atom is 0.222 e. The van der Waals surface area contributed by atoms with Crippen molar-refractivity contribution in [2.75, 3.05) is 31.9 Å². The number of aliphatic imine (C=N–C) groups is 1. The fraction of sp³-hybridized carbons (Fsp3) is 0.875. The van der Waals surface area contributed by atoms with Crippen LogP contribution in [-0.2, 0) is 15.6 Å². The number of guanidine groups is 1. The quantitative estimate of drug-likeness (QED) is 0.351. The van der Waals surface area contributed by atoms with E-state index in [2.05, 4.69) is 15.6 Å². The lowest BCUT2D eigenvalue weighted by molar-refractivity contribution is -0.129. The minimum Gasteiger partial charge on any atom is -0.357 e. The van der Waals surface area contributed by atoms with Crippen LogP contribution < -0.4 is 10.6 Å². The smallest absolute Gasteiger partial charge is 0.222 e. The second kappa shape index (κ2) is 11.3. The van der Waals surface area contributed by atoms with Crippen molar-refractivity contribution in [1.82, 2.24) is 15.5 Å². The van der Waals surface area contributed by atoms with E-state index in [-0.39, 0.29) is 40.7 Å². The van der Waals surface area contributed by atoms with Gasteiger partial charge in [-0.25, -0.2) is 0 Å². The zero-order valence-electron chi connectivity index (χ0n) is 15.6. The molecule has 2 N–H and O–H groups in total. The topological polar surface area (TPSA) is 73.8 Å². The highest BCUT2D eigenvalue weighted by Crippen LogP contribution is 2.11. The van der Waals surface area contributed by atoms with Gasteiger partial charge in [-0.1, -0.05) is 6.92 Å². The molecule has 6 nitrogen and oxygen atoms in total. The van der Waals surface area contributed by atoms with Gasteiger partial charge < -0.3 is 15.5 Å². The summed E-state index contributed by atoms with van der Waals surface area (Å²) in [7, 11) is -0.890. The molecule has 1 heterocycles. The van der Waals surface area contributed by atoms with E-state index in [1.807, 2.05) is 39.5 Å². The van der Waals surface area contributed by atoms with Gasteiger partial charge in [-0.3, -0.25) is 14.0 Å². The van der Waals surface area contributed by atoms with Crippen molar-refractivity contribution < 1.29 is 9.00 Å². The van der Waals surface area contributed by atoms with E-state index in [0.717, 1.165) is 32.0 Å². The molecule has 0 saturated carbocycles. The van der Waals surface area contributed by atoms with Gasteiger partial charge in [0, 0.05) is 53.4 Å². The molecule has 0 aliphatic carbocycles. The highest BCUT2D eigenvalue weighted by Gasteiger charge is 2.25. The number of nitrogens with zero attached hydrogens (tertiary/aromatic N) is 2. The molecule has 0 aromatic carbocycles.